The minimum absolute atomic E-state index is 0.267. The molecule has 0 bridgehead atoms. The zero-order valence-corrected chi connectivity index (χ0v) is 8.19. The Morgan fingerprint density at radius 1 is 1.29 bits per heavy atom. The van der Waals surface area contributed by atoms with E-state index in [9.17, 15) is 8.78 Å². The first-order valence-electron chi connectivity index (χ1n) is 4.49. The Kier molecular flexibility index (Phi) is 2.45. The number of benzene rings is 1. The van der Waals surface area contributed by atoms with E-state index in [1.54, 1.807) is 0 Å². The van der Waals surface area contributed by atoms with Crippen LogP contribution in [0.3, 0.4) is 0 Å². The quantitative estimate of drug-likeness (QED) is 0.758. The van der Waals surface area contributed by atoms with E-state index in [1.807, 2.05) is 0 Å². The maximum absolute atomic E-state index is 13.1. The molecule has 14 heavy (non-hydrogen) atoms. The third kappa shape index (κ3) is 1.74. The van der Waals surface area contributed by atoms with Crippen LogP contribution in [0.4, 0.5) is 8.78 Å². The molecule has 1 nitrogen and oxygen atoms in total. The normalized spacial score (nSPS) is 18.3. The summed E-state index contributed by atoms with van der Waals surface area (Å²) in [6.07, 6.45) is 2.07. The van der Waals surface area contributed by atoms with E-state index in [0.717, 1.165) is 12.8 Å². The number of nitrogens with two attached hydrogens (primary N) is 1. The Morgan fingerprint density at radius 2 is 1.79 bits per heavy atom. The van der Waals surface area contributed by atoms with Gasteiger partial charge < -0.3 is 5.73 Å². The Bertz CT molecular complexity index is 340. The van der Waals surface area contributed by atoms with E-state index >= 15 is 0 Å². The molecule has 1 fully saturated rings. The SMILES string of the molecule is N[C@H](c1cc(F)c(Cl)c(F)c1)C1CC1. The highest BCUT2D eigenvalue weighted by Gasteiger charge is 2.30. The van der Waals surface area contributed by atoms with Gasteiger partial charge in [-0.25, -0.2) is 8.78 Å². The minimum atomic E-state index is -0.738. The molecule has 0 aliphatic heterocycles. The fraction of sp³-hybridized carbons (Fsp3) is 0.400. The highest BCUT2D eigenvalue weighted by atomic mass is 35.5. The van der Waals surface area contributed by atoms with E-state index in [1.165, 1.54) is 12.1 Å². The summed E-state index contributed by atoms with van der Waals surface area (Å²) in [4.78, 5) is 0. The van der Waals surface area contributed by atoms with Crippen molar-refractivity contribution in [2.45, 2.75) is 18.9 Å². The Balaban J connectivity index is 2.34. The molecule has 1 saturated carbocycles. The van der Waals surface area contributed by atoms with Crippen molar-refractivity contribution in [1.82, 2.24) is 0 Å². The van der Waals surface area contributed by atoms with Crippen molar-refractivity contribution in [3.05, 3.63) is 34.4 Å². The summed E-state index contributed by atoms with van der Waals surface area (Å²) in [5.74, 6) is -1.11. The molecule has 0 spiro atoms. The number of halogens is 3. The molecule has 2 rings (SSSR count). The van der Waals surface area contributed by atoms with Crippen LogP contribution >= 0.6 is 11.6 Å². The highest BCUT2D eigenvalue weighted by Crippen LogP contribution is 2.40. The van der Waals surface area contributed by atoms with E-state index in [-0.39, 0.29) is 6.04 Å². The third-order valence-corrected chi connectivity index (χ3v) is 2.88. The van der Waals surface area contributed by atoms with Crippen LogP contribution in [0.5, 0.6) is 0 Å². The largest absolute Gasteiger partial charge is 0.324 e. The lowest BCUT2D eigenvalue weighted by Gasteiger charge is -2.11. The van der Waals surface area contributed by atoms with Crippen molar-refractivity contribution in [3.63, 3.8) is 0 Å². The summed E-state index contributed by atoms with van der Waals surface area (Å²) in [5.41, 5.74) is 6.30. The Labute approximate surface area is 85.9 Å². The zero-order chi connectivity index (χ0) is 10.3. The highest BCUT2D eigenvalue weighted by molar-refractivity contribution is 6.30. The van der Waals surface area contributed by atoms with Gasteiger partial charge in [0, 0.05) is 6.04 Å². The van der Waals surface area contributed by atoms with Gasteiger partial charge in [0.15, 0.2) is 0 Å². The van der Waals surface area contributed by atoms with Crippen molar-refractivity contribution in [3.8, 4) is 0 Å². The average Bonchev–Trinajstić information content (AvgIpc) is 2.95. The maximum atomic E-state index is 13.1. The molecule has 1 atom stereocenters. The van der Waals surface area contributed by atoms with Crippen molar-refractivity contribution < 1.29 is 8.78 Å². The second-order valence-electron chi connectivity index (χ2n) is 3.66. The van der Waals surface area contributed by atoms with Crippen LogP contribution in [0.25, 0.3) is 0 Å². The molecule has 0 radical (unpaired) electrons. The molecule has 0 amide bonds. The summed E-state index contributed by atoms with van der Waals surface area (Å²) in [7, 11) is 0. The van der Waals surface area contributed by atoms with E-state index in [0.29, 0.717) is 11.5 Å². The monoisotopic (exact) mass is 217 g/mol. The fourth-order valence-corrected chi connectivity index (χ4v) is 1.60. The molecule has 1 aliphatic carbocycles. The van der Waals surface area contributed by atoms with Gasteiger partial charge in [-0.15, -0.1) is 0 Å². The summed E-state index contributed by atoms with van der Waals surface area (Å²) < 4.78 is 26.1. The van der Waals surface area contributed by atoms with Gasteiger partial charge >= 0.3 is 0 Å². The predicted octanol–water partition coefficient (Wildman–Crippen LogP) is 3.03. The summed E-state index contributed by atoms with van der Waals surface area (Å²) in [6.45, 7) is 0. The standard InChI is InChI=1S/C10H10ClF2N/c11-9-7(12)3-6(4-8(9)13)10(14)5-1-2-5/h3-5,10H,1-2,14H2/t10-/m0/s1. The molecule has 2 N–H and O–H groups in total. The zero-order valence-electron chi connectivity index (χ0n) is 7.43. The van der Waals surface area contributed by atoms with E-state index < -0.39 is 16.7 Å². The van der Waals surface area contributed by atoms with Crippen LogP contribution in [0.2, 0.25) is 5.02 Å². The number of rotatable bonds is 2. The second-order valence-corrected chi connectivity index (χ2v) is 4.04. The molecule has 4 heteroatoms. The molecule has 1 aliphatic rings. The summed E-state index contributed by atoms with van der Waals surface area (Å²) >= 11 is 5.36. The number of hydrogen-bond donors (Lipinski definition) is 1. The van der Waals surface area contributed by atoms with Crippen molar-refractivity contribution in [2.24, 2.45) is 11.7 Å². The molecule has 0 unspecified atom stereocenters. The summed E-state index contributed by atoms with van der Waals surface area (Å²) in [5, 5.41) is -0.461. The molecule has 0 heterocycles. The topological polar surface area (TPSA) is 26.0 Å². The van der Waals surface area contributed by atoms with Gasteiger partial charge in [0.05, 0.1) is 0 Å². The van der Waals surface area contributed by atoms with Gasteiger partial charge in [-0.1, -0.05) is 11.6 Å². The van der Waals surface area contributed by atoms with Gasteiger partial charge in [0.1, 0.15) is 16.7 Å². The lowest BCUT2D eigenvalue weighted by molar-refractivity contribution is 0.564. The van der Waals surface area contributed by atoms with Gasteiger partial charge in [-0.05, 0) is 36.5 Å². The lowest BCUT2D eigenvalue weighted by atomic mass is 10.0. The van der Waals surface area contributed by atoms with Crippen LogP contribution in [-0.2, 0) is 0 Å². The van der Waals surface area contributed by atoms with Crippen LogP contribution in [0.15, 0.2) is 12.1 Å². The van der Waals surface area contributed by atoms with Crippen LogP contribution < -0.4 is 5.73 Å². The van der Waals surface area contributed by atoms with E-state index in [4.69, 9.17) is 17.3 Å². The minimum Gasteiger partial charge on any atom is -0.324 e. The molecular formula is C10H10ClF2N. The average molecular weight is 218 g/mol. The van der Waals surface area contributed by atoms with Gasteiger partial charge in [0.25, 0.3) is 0 Å². The molecule has 0 aromatic heterocycles. The molecule has 1 aromatic rings. The Morgan fingerprint density at radius 3 is 2.21 bits per heavy atom. The van der Waals surface area contributed by atoms with Crippen molar-refractivity contribution in [2.75, 3.05) is 0 Å². The van der Waals surface area contributed by atoms with Crippen molar-refractivity contribution in [1.29, 1.82) is 0 Å². The van der Waals surface area contributed by atoms with Crippen LogP contribution in [-0.4, -0.2) is 0 Å². The third-order valence-electron chi connectivity index (χ3n) is 2.52. The van der Waals surface area contributed by atoms with Crippen LogP contribution in [0.1, 0.15) is 24.4 Å². The van der Waals surface area contributed by atoms with Crippen LogP contribution in [0, 0.1) is 17.6 Å². The first kappa shape index (κ1) is 9.87. The van der Waals surface area contributed by atoms with Gasteiger partial charge in [0.2, 0.25) is 0 Å². The van der Waals surface area contributed by atoms with Gasteiger partial charge in [-0.2, -0.15) is 0 Å². The molecule has 0 saturated heterocycles. The smallest absolute Gasteiger partial charge is 0.145 e. The Hall–Kier alpha value is -0.670. The predicted molar refractivity (Wildman–Crippen MR) is 51.0 cm³/mol. The number of hydrogen-bond acceptors (Lipinski definition) is 1. The molecule has 76 valence electrons. The molecule has 1 aromatic carbocycles. The van der Waals surface area contributed by atoms with Gasteiger partial charge in [-0.3, -0.25) is 0 Å². The van der Waals surface area contributed by atoms with Crippen molar-refractivity contribution >= 4 is 11.6 Å². The second kappa shape index (κ2) is 3.48. The molecular weight excluding hydrogens is 208 g/mol. The maximum Gasteiger partial charge on any atom is 0.145 e. The van der Waals surface area contributed by atoms with E-state index in [2.05, 4.69) is 0 Å². The lowest BCUT2D eigenvalue weighted by Crippen LogP contribution is -2.13. The first-order valence-corrected chi connectivity index (χ1v) is 4.87. The first-order chi connectivity index (χ1) is 6.59. The summed E-state index contributed by atoms with van der Waals surface area (Å²) in [6, 6.07) is 2.17. The fourth-order valence-electron chi connectivity index (χ4n) is 1.50.